The van der Waals surface area contributed by atoms with Crippen molar-refractivity contribution < 1.29 is 26.4 Å². The largest absolute Gasteiger partial charge is 0.436 e. The van der Waals surface area contributed by atoms with Crippen LogP contribution in [0.1, 0.15) is 22.7 Å². The third-order valence-electron chi connectivity index (χ3n) is 4.18. The van der Waals surface area contributed by atoms with Gasteiger partial charge in [-0.05, 0) is 35.4 Å². The van der Waals surface area contributed by atoms with E-state index in [0.717, 1.165) is 12.1 Å². The van der Waals surface area contributed by atoms with Gasteiger partial charge in [-0.2, -0.15) is 18.3 Å². The second-order valence-electron chi connectivity index (χ2n) is 6.29. The Morgan fingerprint density at radius 1 is 1.13 bits per heavy atom. The first-order valence-corrected chi connectivity index (χ1v) is 10.5. The monoisotopic (exact) mass is 493 g/mol. The van der Waals surface area contributed by atoms with Crippen LogP contribution in [0, 0.1) is 0 Å². The maximum atomic E-state index is 12.8. The highest BCUT2D eigenvalue weighted by Gasteiger charge is 2.35. The number of alkyl halides is 3. The van der Waals surface area contributed by atoms with Gasteiger partial charge in [-0.25, -0.2) is 13.6 Å². The molecule has 0 radical (unpaired) electrons. The Hall–Kier alpha value is -2.67. The van der Waals surface area contributed by atoms with Crippen molar-refractivity contribution in [3.63, 3.8) is 0 Å². The van der Waals surface area contributed by atoms with Crippen molar-refractivity contribution in [3.05, 3.63) is 69.5 Å². The van der Waals surface area contributed by atoms with Crippen LogP contribution in [0.3, 0.4) is 0 Å². The summed E-state index contributed by atoms with van der Waals surface area (Å²) in [4.78, 5) is 12.0. The average Bonchev–Trinajstić information content (AvgIpc) is 3.13. The van der Waals surface area contributed by atoms with E-state index in [1.165, 1.54) is 24.3 Å². The molecule has 0 aliphatic heterocycles. The highest BCUT2D eigenvalue weighted by molar-refractivity contribution is 7.89. The first-order valence-electron chi connectivity index (χ1n) is 8.20. The minimum atomic E-state index is -4.79. The number of primary amides is 1. The molecule has 1 heterocycles. The Morgan fingerprint density at radius 3 is 2.32 bits per heavy atom. The number of carbonyl (C=O) groups is 1. The summed E-state index contributed by atoms with van der Waals surface area (Å²) in [5.74, 6) is -2.07. The van der Waals surface area contributed by atoms with Crippen molar-refractivity contribution in [1.29, 1.82) is 0 Å². The molecule has 1 unspecified atom stereocenters. The number of halogens is 5. The number of nitrogens with zero attached hydrogens (tertiary/aromatic N) is 3. The molecule has 0 aliphatic carbocycles. The van der Waals surface area contributed by atoms with Gasteiger partial charge in [-0.3, -0.25) is 4.79 Å². The molecule has 0 saturated carbocycles. The van der Waals surface area contributed by atoms with Crippen molar-refractivity contribution in [1.82, 2.24) is 15.0 Å². The molecule has 164 valence electrons. The molecule has 0 spiro atoms. The van der Waals surface area contributed by atoms with E-state index in [2.05, 4.69) is 10.2 Å². The smallest absolute Gasteiger partial charge is 0.369 e. The second-order valence-corrected chi connectivity index (χ2v) is 8.66. The molecular weight excluding hydrogens is 482 g/mol. The molecule has 0 fully saturated rings. The lowest BCUT2D eigenvalue weighted by atomic mass is 9.90. The predicted molar refractivity (Wildman–Crippen MR) is 105 cm³/mol. The number of amides is 1. The van der Waals surface area contributed by atoms with E-state index >= 15 is 0 Å². The molecule has 8 nitrogen and oxygen atoms in total. The fourth-order valence-electron chi connectivity index (χ4n) is 2.85. The van der Waals surface area contributed by atoms with Crippen molar-refractivity contribution in [2.24, 2.45) is 10.9 Å². The van der Waals surface area contributed by atoms with Gasteiger partial charge in [0.15, 0.2) is 5.69 Å². The molecule has 0 saturated heterocycles. The lowest BCUT2D eigenvalue weighted by molar-refractivity contribution is -0.141. The van der Waals surface area contributed by atoms with Crippen LogP contribution in [0.25, 0.3) is 5.69 Å². The molecule has 3 rings (SSSR count). The molecule has 0 bridgehead atoms. The molecule has 4 N–H and O–H groups in total. The van der Waals surface area contributed by atoms with Gasteiger partial charge in [-0.15, -0.1) is 9.90 Å². The minimum absolute atomic E-state index is 0.0766. The van der Waals surface area contributed by atoms with Gasteiger partial charge in [0.05, 0.1) is 12.1 Å². The van der Waals surface area contributed by atoms with Crippen molar-refractivity contribution >= 4 is 39.1 Å². The van der Waals surface area contributed by atoms with E-state index in [-0.39, 0.29) is 21.8 Å². The summed E-state index contributed by atoms with van der Waals surface area (Å²) in [5.41, 5.74) is 4.13. The van der Waals surface area contributed by atoms with Crippen LogP contribution in [0.2, 0.25) is 10.0 Å². The van der Waals surface area contributed by atoms with Crippen LogP contribution in [0.15, 0.2) is 47.5 Å². The highest BCUT2D eigenvalue weighted by atomic mass is 35.5. The number of aromatic nitrogens is 3. The van der Waals surface area contributed by atoms with Crippen LogP contribution < -0.4 is 10.9 Å². The number of benzene rings is 2. The van der Waals surface area contributed by atoms with E-state index in [1.54, 1.807) is 0 Å². The van der Waals surface area contributed by atoms with Crippen molar-refractivity contribution in [2.45, 2.75) is 17.0 Å². The summed E-state index contributed by atoms with van der Waals surface area (Å²) in [5, 5.41) is 12.3. The summed E-state index contributed by atoms with van der Waals surface area (Å²) >= 11 is 12.0. The summed E-state index contributed by atoms with van der Waals surface area (Å²) in [6.45, 7) is 0. The molecule has 14 heteroatoms. The molecule has 31 heavy (non-hydrogen) atoms. The minimum Gasteiger partial charge on any atom is -0.369 e. The summed E-state index contributed by atoms with van der Waals surface area (Å²) in [6, 6.07) is 7.66. The van der Waals surface area contributed by atoms with E-state index in [9.17, 15) is 26.4 Å². The fourth-order valence-corrected chi connectivity index (χ4v) is 4.10. The average molecular weight is 494 g/mol. The zero-order valence-electron chi connectivity index (χ0n) is 15.1. The van der Waals surface area contributed by atoms with Crippen LogP contribution in [0.5, 0.6) is 0 Å². The fraction of sp³-hybridized carbons (Fsp3) is 0.118. The first kappa shape index (κ1) is 23.0. The Balaban J connectivity index is 2.19. The van der Waals surface area contributed by atoms with E-state index in [1.807, 2.05) is 0 Å². The third kappa shape index (κ3) is 4.82. The molecule has 0 aliphatic rings. The Bertz CT molecular complexity index is 1280. The maximum Gasteiger partial charge on any atom is 0.436 e. The Kier molecular flexibility index (Phi) is 6.02. The highest BCUT2D eigenvalue weighted by Crippen LogP contribution is 2.34. The number of hydrogen-bond donors (Lipinski definition) is 2. The van der Waals surface area contributed by atoms with E-state index in [4.69, 9.17) is 34.1 Å². The lowest BCUT2D eigenvalue weighted by Crippen LogP contribution is -2.24. The molecule has 1 atom stereocenters. The summed E-state index contributed by atoms with van der Waals surface area (Å²) in [7, 11) is -4.48. The van der Waals surface area contributed by atoms with Crippen LogP contribution in [-0.4, -0.2) is 29.3 Å². The zero-order chi connectivity index (χ0) is 23.1. The number of nitrogens with two attached hydrogens (primary N) is 2. The Labute approximate surface area is 183 Å². The second kappa shape index (κ2) is 8.11. The van der Waals surface area contributed by atoms with Gasteiger partial charge >= 0.3 is 6.18 Å². The van der Waals surface area contributed by atoms with E-state index < -0.39 is 38.6 Å². The third-order valence-corrected chi connectivity index (χ3v) is 5.68. The van der Waals surface area contributed by atoms with Crippen molar-refractivity contribution in [3.8, 4) is 5.69 Å². The van der Waals surface area contributed by atoms with Gasteiger partial charge in [0.1, 0.15) is 10.6 Å². The quantitative estimate of drug-likeness (QED) is 0.563. The normalized spacial score (nSPS) is 13.2. The Morgan fingerprint density at radius 2 is 1.81 bits per heavy atom. The van der Waals surface area contributed by atoms with Gasteiger partial charge in [0.2, 0.25) is 15.9 Å². The summed E-state index contributed by atoms with van der Waals surface area (Å²) < 4.78 is 62.8. The molecular formula is C17H12Cl2F3N5O3S. The molecule has 1 amide bonds. The van der Waals surface area contributed by atoms with Crippen molar-refractivity contribution in [2.75, 3.05) is 0 Å². The summed E-state index contributed by atoms with van der Waals surface area (Å²) in [6.07, 6.45) is -4.36. The molecule has 2 aromatic carbocycles. The lowest BCUT2D eigenvalue weighted by Gasteiger charge is -2.18. The number of carbonyl (C=O) groups excluding carboxylic acids is 1. The van der Waals surface area contributed by atoms with Crippen LogP contribution in [-0.2, 0) is 21.0 Å². The van der Waals surface area contributed by atoms with Crippen LogP contribution >= 0.6 is 23.2 Å². The zero-order valence-corrected chi connectivity index (χ0v) is 17.5. The standard InChI is InChI=1S/C17H12Cl2F3N5O3S/c18-9-2-3-10(11(19)6-9)15(16(23)28)8-1-4-12(13(5-8)31(24,29)30)27-25-7-14(26-27)17(20,21)22/h1-7,15H,(H2,23,28)(H2,24,29,30). The predicted octanol–water partition coefficient (Wildman–Crippen LogP) is 2.86. The number of hydrogen-bond acceptors (Lipinski definition) is 5. The van der Waals surface area contributed by atoms with E-state index in [0.29, 0.717) is 16.0 Å². The molecule has 1 aromatic heterocycles. The number of primary sulfonamides is 1. The SMILES string of the molecule is NC(=O)C(c1ccc(-n2ncc(C(F)(F)F)n2)c(S(N)(=O)=O)c1)c1ccc(Cl)cc1Cl. The molecule has 3 aromatic rings. The first-order chi connectivity index (χ1) is 14.3. The topological polar surface area (TPSA) is 134 Å². The maximum absolute atomic E-state index is 12.8. The van der Waals surface area contributed by atoms with Gasteiger partial charge in [0.25, 0.3) is 0 Å². The van der Waals surface area contributed by atoms with Gasteiger partial charge < -0.3 is 5.73 Å². The number of rotatable bonds is 5. The number of sulfonamides is 1. The van der Waals surface area contributed by atoms with Gasteiger partial charge in [0, 0.05) is 10.0 Å². The van der Waals surface area contributed by atoms with Crippen LogP contribution in [0.4, 0.5) is 13.2 Å². The van der Waals surface area contributed by atoms with Gasteiger partial charge in [-0.1, -0.05) is 35.3 Å².